The van der Waals surface area contributed by atoms with Gasteiger partial charge >= 0.3 is 0 Å². The summed E-state index contributed by atoms with van der Waals surface area (Å²) in [4.78, 5) is 30.9. The molecule has 192 valence electrons. The summed E-state index contributed by atoms with van der Waals surface area (Å²) in [6.45, 7) is 7.68. The third-order valence-electron chi connectivity index (χ3n) is 7.27. The van der Waals surface area contributed by atoms with E-state index in [0.717, 1.165) is 25.7 Å². The lowest BCUT2D eigenvalue weighted by molar-refractivity contribution is -0.120. The number of amides is 2. The molecule has 2 amide bonds. The summed E-state index contributed by atoms with van der Waals surface area (Å²) >= 11 is 0. The van der Waals surface area contributed by atoms with Crippen molar-refractivity contribution in [3.8, 4) is 0 Å². The van der Waals surface area contributed by atoms with Crippen molar-refractivity contribution < 1.29 is 14.0 Å². The number of nitrogens with one attached hydrogen (secondary N) is 3. The summed E-state index contributed by atoms with van der Waals surface area (Å²) in [6, 6.07) is 2.01. The quantitative estimate of drug-likeness (QED) is 0.372. The molecular formula is C26H34FN7O2. The maximum atomic E-state index is 15.0. The van der Waals surface area contributed by atoms with Gasteiger partial charge in [0.05, 0.1) is 11.9 Å². The van der Waals surface area contributed by atoms with Crippen LogP contribution in [0.4, 0.5) is 10.1 Å². The molecule has 2 atom stereocenters. The molecule has 2 heterocycles. The number of anilines is 1. The highest BCUT2D eigenvalue weighted by molar-refractivity contribution is 6.21. The fourth-order valence-corrected chi connectivity index (χ4v) is 5.11. The molecule has 0 aliphatic heterocycles. The number of carbonyl (C=O) groups excluding carboxylic acids is 2. The predicted molar refractivity (Wildman–Crippen MR) is 136 cm³/mol. The smallest absolute Gasteiger partial charge is 0.270 e. The Morgan fingerprint density at radius 1 is 1.33 bits per heavy atom. The SMILES string of the molecule is CCn1nccc1C(=O)N[C@H](C(=O)Nc1cnc(C(C(C)=N)=C(C)N)c(F)c1)C(C1CC1)C1(C)CC1. The average Bonchev–Trinajstić information content (AvgIpc) is 3.73. The molecule has 2 aliphatic carbocycles. The van der Waals surface area contributed by atoms with Crippen LogP contribution in [0, 0.1) is 28.5 Å². The number of hydrogen-bond acceptors (Lipinski definition) is 6. The summed E-state index contributed by atoms with van der Waals surface area (Å²) in [7, 11) is 0. The van der Waals surface area contributed by atoms with Crippen LogP contribution in [0.15, 0.2) is 30.2 Å². The van der Waals surface area contributed by atoms with Gasteiger partial charge in [-0.25, -0.2) is 4.39 Å². The normalized spacial score (nSPS) is 18.6. The largest absolute Gasteiger partial charge is 0.402 e. The Hall–Kier alpha value is -3.56. The molecule has 4 rings (SSSR count). The molecule has 36 heavy (non-hydrogen) atoms. The summed E-state index contributed by atoms with van der Waals surface area (Å²) in [5.74, 6) is -1.12. The second kappa shape index (κ2) is 9.83. The van der Waals surface area contributed by atoms with Gasteiger partial charge < -0.3 is 21.8 Å². The van der Waals surface area contributed by atoms with Gasteiger partial charge in [-0.1, -0.05) is 6.92 Å². The standard InChI is InChI=1S/C26H34FN7O2/c1-5-34-19(8-11-31-34)24(35)33-23(21(16-6-7-16)26(4)9-10-26)25(36)32-17-12-18(27)22(30-13-17)20(14(2)28)15(3)29/h8,11-13,16,21,23,28H,5-7,9-10,29H2,1-4H3,(H,32,36)(H,33,35)/t21?,23-/m0/s1. The number of pyridine rings is 1. The van der Waals surface area contributed by atoms with Crippen LogP contribution in [-0.4, -0.2) is 38.3 Å². The van der Waals surface area contributed by atoms with Gasteiger partial charge in [0.2, 0.25) is 5.91 Å². The first-order chi connectivity index (χ1) is 17.1. The van der Waals surface area contributed by atoms with E-state index in [1.807, 2.05) is 6.92 Å². The third-order valence-corrected chi connectivity index (χ3v) is 7.27. The van der Waals surface area contributed by atoms with Gasteiger partial charge in [0, 0.05) is 35.8 Å². The monoisotopic (exact) mass is 495 g/mol. The first kappa shape index (κ1) is 25.5. The van der Waals surface area contributed by atoms with E-state index in [4.69, 9.17) is 11.1 Å². The highest BCUT2D eigenvalue weighted by Crippen LogP contribution is 2.60. The van der Waals surface area contributed by atoms with Gasteiger partial charge in [0.25, 0.3) is 5.91 Å². The molecule has 0 bridgehead atoms. The average molecular weight is 496 g/mol. The Kier molecular flexibility index (Phi) is 6.97. The van der Waals surface area contributed by atoms with Crippen LogP contribution in [0.1, 0.15) is 69.6 Å². The lowest BCUT2D eigenvalue weighted by atomic mass is 9.80. The van der Waals surface area contributed by atoms with Gasteiger partial charge in [-0.3, -0.25) is 19.3 Å². The maximum absolute atomic E-state index is 15.0. The van der Waals surface area contributed by atoms with E-state index in [9.17, 15) is 14.0 Å². The number of allylic oxidation sites excluding steroid dienone is 2. The van der Waals surface area contributed by atoms with Gasteiger partial charge in [0.15, 0.2) is 5.82 Å². The molecule has 0 radical (unpaired) electrons. The van der Waals surface area contributed by atoms with Crippen LogP contribution in [0.2, 0.25) is 0 Å². The van der Waals surface area contributed by atoms with E-state index in [2.05, 4.69) is 27.6 Å². The lowest BCUT2D eigenvalue weighted by Crippen LogP contribution is -2.51. The first-order valence-electron chi connectivity index (χ1n) is 12.4. The fraction of sp³-hybridized carbons (Fsp3) is 0.500. The fourth-order valence-electron chi connectivity index (χ4n) is 5.11. The molecule has 10 heteroatoms. The van der Waals surface area contributed by atoms with Crippen LogP contribution < -0.4 is 16.4 Å². The van der Waals surface area contributed by atoms with Crippen LogP contribution in [0.25, 0.3) is 5.57 Å². The molecule has 5 N–H and O–H groups in total. The highest BCUT2D eigenvalue weighted by atomic mass is 19.1. The Morgan fingerprint density at radius 3 is 2.56 bits per heavy atom. The van der Waals surface area contributed by atoms with Crippen molar-refractivity contribution in [2.45, 2.75) is 66.0 Å². The van der Waals surface area contributed by atoms with Gasteiger partial charge in [-0.05, 0) is 69.8 Å². The number of carbonyl (C=O) groups is 2. The molecule has 0 spiro atoms. The minimum absolute atomic E-state index is 0.0192. The topological polar surface area (TPSA) is 139 Å². The van der Waals surface area contributed by atoms with Crippen LogP contribution >= 0.6 is 0 Å². The number of nitrogens with zero attached hydrogens (tertiary/aromatic N) is 3. The zero-order valence-corrected chi connectivity index (χ0v) is 21.2. The van der Waals surface area contributed by atoms with Crippen molar-refractivity contribution in [3.63, 3.8) is 0 Å². The third kappa shape index (κ3) is 5.17. The Morgan fingerprint density at radius 2 is 2.03 bits per heavy atom. The molecule has 2 aromatic rings. The van der Waals surface area contributed by atoms with Crippen molar-refractivity contribution in [3.05, 3.63) is 47.4 Å². The number of aromatic nitrogens is 3. The van der Waals surface area contributed by atoms with Crippen molar-refractivity contribution in [2.24, 2.45) is 23.0 Å². The molecule has 2 aliphatic rings. The molecule has 2 aromatic heterocycles. The zero-order valence-electron chi connectivity index (χ0n) is 21.2. The number of halogens is 1. The first-order valence-corrected chi connectivity index (χ1v) is 12.4. The number of hydrogen-bond donors (Lipinski definition) is 4. The predicted octanol–water partition coefficient (Wildman–Crippen LogP) is 3.73. The van der Waals surface area contributed by atoms with Crippen LogP contribution in [0.3, 0.4) is 0 Å². The molecule has 0 aromatic carbocycles. The van der Waals surface area contributed by atoms with Crippen molar-refractivity contribution in [1.82, 2.24) is 20.1 Å². The Balaban J connectivity index is 1.61. The summed E-state index contributed by atoms with van der Waals surface area (Å²) in [5, 5.41) is 17.8. The number of aryl methyl sites for hydroxylation is 1. The van der Waals surface area contributed by atoms with Crippen molar-refractivity contribution in [1.29, 1.82) is 5.41 Å². The van der Waals surface area contributed by atoms with E-state index in [-0.39, 0.29) is 45.6 Å². The minimum Gasteiger partial charge on any atom is -0.402 e. The summed E-state index contributed by atoms with van der Waals surface area (Å²) in [6.07, 6.45) is 6.96. The molecule has 2 saturated carbocycles. The lowest BCUT2D eigenvalue weighted by Gasteiger charge is -2.32. The van der Waals surface area contributed by atoms with E-state index in [0.29, 0.717) is 18.2 Å². The van der Waals surface area contributed by atoms with Gasteiger partial charge in [0.1, 0.15) is 17.4 Å². The van der Waals surface area contributed by atoms with Gasteiger partial charge in [-0.2, -0.15) is 5.10 Å². The van der Waals surface area contributed by atoms with Crippen LogP contribution in [0.5, 0.6) is 0 Å². The Labute approximate surface area is 210 Å². The molecule has 2 fully saturated rings. The van der Waals surface area contributed by atoms with E-state index in [1.54, 1.807) is 23.9 Å². The maximum Gasteiger partial charge on any atom is 0.270 e. The summed E-state index contributed by atoms with van der Waals surface area (Å²) in [5.41, 5.74) is 6.93. The van der Waals surface area contributed by atoms with E-state index < -0.39 is 17.8 Å². The zero-order chi connectivity index (χ0) is 26.2. The number of rotatable bonds is 10. The second-order valence-electron chi connectivity index (χ2n) is 10.2. The van der Waals surface area contributed by atoms with E-state index >= 15 is 0 Å². The molecule has 0 saturated heterocycles. The van der Waals surface area contributed by atoms with E-state index in [1.165, 1.54) is 19.2 Å². The van der Waals surface area contributed by atoms with Crippen molar-refractivity contribution >= 4 is 28.8 Å². The highest BCUT2D eigenvalue weighted by Gasteiger charge is 2.55. The molecule has 9 nitrogen and oxygen atoms in total. The number of nitrogens with two attached hydrogens (primary N) is 1. The molecule has 1 unspecified atom stereocenters. The van der Waals surface area contributed by atoms with Gasteiger partial charge in [-0.15, -0.1) is 0 Å². The van der Waals surface area contributed by atoms with Crippen LogP contribution in [-0.2, 0) is 11.3 Å². The minimum atomic E-state index is -0.786. The van der Waals surface area contributed by atoms with Crippen molar-refractivity contribution in [2.75, 3.05) is 5.32 Å². The summed E-state index contributed by atoms with van der Waals surface area (Å²) < 4.78 is 16.6. The Bertz CT molecular complexity index is 1220. The molecular weight excluding hydrogens is 461 g/mol. The second-order valence-corrected chi connectivity index (χ2v) is 10.2.